The van der Waals surface area contributed by atoms with Gasteiger partial charge in [0.1, 0.15) is 11.3 Å². The zero-order chi connectivity index (χ0) is 14.7. The summed E-state index contributed by atoms with van der Waals surface area (Å²) in [6.45, 7) is 2.76. The quantitative estimate of drug-likeness (QED) is 0.630. The lowest BCUT2D eigenvalue weighted by molar-refractivity contribution is -0.139. The van der Waals surface area contributed by atoms with E-state index in [-0.39, 0.29) is 28.2 Å². The molecule has 0 aliphatic heterocycles. The van der Waals surface area contributed by atoms with Gasteiger partial charge in [0.25, 0.3) is 5.75 Å². The molecule has 2 aromatic rings. The Morgan fingerprint density at radius 1 is 1.45 bits per heavy atom. The van der Waals surface area contributed by atoms with E-state index in [1.165, 1.54) is 18.2 Å². The van der Waals surface area contributed by atoms with Crippen molar-refractivity contribution in [1.29, 1.82) is 0 Å². The van der Waals surface area contributed by atoms with E-state index in [1.807, 2.05) is 0 Å². The fourth-order valence-electron chi connectivity index (χ4n) is 1.57. The van der Waals surface area contributed by atoms with Crippen LogP contribution in [0.1, 0.15) is 0 Å². The van der Waals surface area contributed by atoms with E-state index >= 15 is 0 Å². The number of rotatable bonds is 5. The Bertz CT molecular complexity index is 729. The molecule has 0 atom stereocenters. The summed E-state index contributed by atoms with van der Waals surface area (Å²) in [5.41, 5.74) is -0.836. The molecule has 1 aromatic carbocycles. The maximum absolute atomic E-state index is 11.6. The summed E-state index contributed by atoms with van der Waals surface area (Å²) < 4.78 is 14.7. The number of aromatic hydroxyl groups is 1. The Morgan fingerprint density at radius 3 is 2.85 bits per heavy atom. The van der Waals surface area contributed by atoms with Gasteiger partial charge >= 0.3 is 11.6 Å². The first-order chi connectivity index (χ1) is 9.52. The Morgan fingerprint density at radius 2 is 2.20 bits per heavy atom. The summed E-state index contributed by atoms with van der Waals surface area (Å²) in [6, 6.07) is 4.15. The van der Waals surface area contributed by atoms with Gasteiger partial charge in [0.2, 0.25) is 0 Å². The Balaban J connectivity index is 2.49. The number of fused-ring (bicyclic) bond motifs is 1. The molecule has 0 bridgehead atoms. The van der Waals surface area contributed by atoms with Gasteiger partial charge in [-0.3, -0.25) is 0 Å². The lowest BCUT2D eigenvalue weighted by atomic mass is 10.2. The number of benzene rings is 1. The van der Waals surface area contributed by atoms with Crippen molar-refractivity contribution in [3.8, 4) is 17.2 Å². The highest BCUT2D eigenvalue weighted by Crippen LogP contribution is 2.33. The molecule has 0 aliphatic carbocycles. The summed E-state index contributed by atoms with van der Waals surface area (Å²) in [7, 11) is 0. The van der Waals surface area contributed by atoms with Crippen molar-refractivity contribution in [1.82, 2.24) is 0 Å². The van der Waals surface area contributed by atoms with Gasteiger partial charge in [0.05, 0.1) is 11.6 Å². The number of hydrogen-bond donors (Lipinski definition) is 2. The van der Waals surface area contributed by atoms with Crippen molar-refractivity contribution in [3.63, 3.8) is 0 Å². The number of carboxylic acids is 1. The van der Waals surface area contributed by atoms with E-state index in [1.54, 1.807) is 0 Å². The molecule has 2 N–H and O–H groups in total. The van der Waals surface area contributed by atoms with Crippen molar-refractivity contribution < 1.29 is 28.9 Å². The smallest absolute Gasteiger partial charge is 0.383 e. The molecule has 7 nitrogen and oxygen atoms in total. The molecule has 0 radical (unpaired) electrons. The van der Waals surface area contributed by atoms with Gasteiger partial charge in [-0.1, -0.05) is 6.58 Å². The van der Waals surface area contributed by atoms with E-state index in [0.717, 1.165) is 6.26 Å². The molecule has 0 amide bonds. The summed E-state index contributed by atoms with van der Waals surface area (Å²) in [5, 5.41) is 18.6. The average molecular weight is 278 g/mol. The van der Waals surface area contributed by atoms with Crippen LogP contribution in [-0.4, -0.2) is 22.8 Å². The second-order valence-corrected chi connectivity index (χ2v) is 3.69. The molecular formula is C13H10O7. The summed E-state index contributed by atoms with van der Waals surface area (Å²) >= 11 is 0. The minimum atomic E-state index is -1.14. The molecule has 20 heavy (non-hydrogen) atoms. The van der Waals surface area contributed by atoms with Crippen molar-refractivity contribution in [2.45, 2.75) is 0 Å². The second kappa shape index (κ2) is 5.35. The Kier molecular flexibility index (Phi) is 3.60. The lowest BCUT2D eigenvalue weighted by Gasteiger charge is -2.07. The summed E-state index contributed by atoms with van der Waals surface area (Å²) in [4.78, 5) is 22.0. The van der Waals surface area contributed by atoms with Crippen LogP contribution in [0.2, 0.25) is 0 Å². The van der Waals surface area contributed by atoms with Gasteiger partial charge in [-0.15, -0.1) is 0 Å². The molecule has 1 aromatic heterocycles. The van der Waals surface area contributed by atoms with Gasteiger partial charge < -0.3 is 24.1 Å². The minimum Gasteiger partial charge on any atom is -0.504 e. The van der Waals surface area contributed by atoms with Crippen LogP contribution in [-0.2, 0) is 4.79 Å². The topological polar surface area (TPSA) is 106 Å². The van der Waals surface area contributed by atoms with Crippen LogP contribution in [0.15, 0.2) is 40.3 Å². The molecule has 7 heteroatoms. The first-order valence-corrected chi connectivity index (χ1v) is 5.45. The average Bonchev–Trinajstić information content (AvgIpc) is 2.41. The first-order valence-electron chi connectivity index (χ1n) is 5.45. The van der Waals surface area contributed by atoms with Crippen LogP contribution in [0.5, 0.6) is 17.2 Å². The normalized spacial score (nSPS) is 10.2. The predicted molar refractivity (Wildman–Crippen MR) is 68.1 cm³/mol. The van der Waals surface area contributed by atoms with Gasteiger partial charge in [-0.2, -0.15) is 0 Å². The van der Waals surface area contributed by atoms with Crippen LogP contribution in [0.25, 0.3) is 11.0 Å². The highest BCUT2D eigenvalue weighted by molar-refractivity contribution is 5.86. The molecule has 0 unspecified atom stereocenters. The van der Waals surface area contributed by atoms with Gasteiger partial charge in [0.15, 0.2) is 12.4 Å². The van der Waals surface area contributed by atoms with Crippen LogP contribution < -0.4 is 15.1 Å². The third-order valence-electron chi connectivity index (χ3n) is 2.37. The zero-order valence-electron chi connectivity index (χ0n) is 10.2. The van der Waals surface area contributed by atoms with E-state index < -0.39 is 18.2 Å². The van der Waals surface area contributed by atoms with Crippen LogP contribution in [0.3, 0.4) is 0 Å². The molecule has 0 saturated heterocycles. The predicted octanol–water partition coefficient (Wildman–Crippen LogP) is 1.48. The van der Waals surface area contributed by atoms with Crippen LogP contribution >= 0.6 is 0 Å². The number of ether oxygens (including phenoxy) is 2. The van der Waals surface area contributed by atoms with Crippen molar-refractivity contribution >= 4 is 16.9 Å². The van der Waals surface area contributed by atoms with Crippen molar-refractivity contribution in [2.75, 3.05) is 6.61 Å². The lowest BCUT2D eigenvalue weighted by Crippen LogP contribution is -2.09. The first kappa shape index (κ1) is 13.5. The highest BCUT2D eigenvalue weighted by atomic mass is 16.5. The molecule has 1 heterocycles. The van der Waals surface area contributed by atoms with Crippen LogP contribution in [0.4, 0.5) is 0 Å². The molecule has 0 aliphatic rings. The summed E-state index contributed by atoms with van der Waals surface area (Å²) in [5.74, 6) is -1.70. The SMILES string of the molecule is C=COc1c(O)c2ccc(OCC(=O)O)cc2oc1=O. The largest absolute Gasteiger partial charge is 0.504 e. The van der Waals surface area contributed by atoms with E-state index in [2.05, 4.69) is 6.58 Å². The maximum Gasteiger partial charge on any atom is 0.383 e. The third kappa shape index (κ3) is 2.56. The molecular weight excluding hydrogens is 268 g/mol. The number of carboxylic acid groups (broad SMARTS) is 1. The fraction of sp³-hybridized carbons (Fsp3) is 0.0769. The summed E-state index contributed by atoms with van der Waals surface area (Å²) in [6.07, 6.45) is 0.988. The maximum atomic E-state index is 11.6. The fourth-order valence-corrected chi connectivity index (χ4v) is 1.57. The molecule has 0 spiro atoms. The van der Waals surface area contributed by atoms with Gasteiger partial charge in [-0.05, 0) is 12.1 Å². The van der Waals surface area contributed by atoms with E-state index in [9.17, 15) is 14.7 Å². The highest BCUT2D eigenvalue weighted by Gasteiger charge is 2.15. The van der Waals surface area contributed by atoms with Crippen molar-refractivity contribution in [3.05, 3.63) is 41.5 Å². The Hall–Kier alpha value is -2.96. The van der Waals surface area contributed by atoms with Gasteiger partial charge in [-0.25, -0.2) is 9.59 Å². The molecule has 2 rings (SSSR count). The second-order valence-electron chi connectivity index (χ2n) is 3.69. The molecule has 0 fully saturated rings. The van der Waals surface area contributed by atoms with Crippen LogP contribution in [0, 0.1) is 0 Å². The van der Waals surface area contributed by atoms with E-state index in [0.29, 0.717) is 0 Å². The minimum absolute atomic E-state index is 0.0480. The third-order valence-corrected chi connectivity index (χ3v) is 2.37. The molecule has 0 saturated carbocycles. The number of hydrogen-bond acceptors (Lipinski definition) is 6. The monoisotopic (exact) mass is 278 g/mol. The zero-order valence-corrected chi connectivity index (χ0v) is 10.2. The van der Waals surface area contributed by atoms with Crippen molar-refractivity contribution in [2.24, 2.45) is 0 Å². The van der Waals surface area contributed by atoms with E-state index in [4.69, 9.17) is 19.0 Å². The number of aliphatic carboxylic acids is 1. The standard InChI is InChI=1S/C13H10O7/c1-2-18-12-11(16)8-4-3-7(19-6-10(14)15)5-9(8)20-13(12)17/h2-5,16H,1,6H2,(H,14,15). The number of carbonyl (C=O) groups is 1. The Labute approximate surface area is 112 Å². The van der Waals surface area contributed by atoms with Gasteiger partial charge in [0, 0.05) is 6.07 Å². The molecule has 104 valence electrons.